The summed E-state index contributed by atoms with van der Waals surface area (Å²) in [5.74, 6) is 2.03. The first-order valence-corrected chi connectivity index (χ1v) is 9.50. The highest BCUT2D eigenvalue weighted by Crippen LogP contribution is 2.21. The summed E-state index contributed by atoms with van der Waals surface area (Å²) < 4.78 is 10.8. The van der Waals surface area contributed by atoms with Crippen LogP contribution in [0.3, 0.4) is 0 Å². The average Bonchev–Trinajstić information content (AvgIpc) is 3.22. The number of carbonyl (C=O) groups excluding carboxylic acids is 1. The van der Waals surface area contributed by atoms with Gasteiger partial charge in [0.1, 0.15) is 5.82 Å². The van der Waals surface area contributed by atoms with Gasteiger partial charge in [0.2, 0.25) is 11.9 Å². The Morgan fingerprint density at radius 2 is 1.77 bits per heavy atom. The Morgan fingerprint density at radius 1 is 1.00 bits per heavy atom. The van der Waals surface area contributed by atoms with Gasteiger partial charge in [-0.3, -0.25) is 4.79 Å². The van der Waals surface area contributed by atoms with Crippen LogP contribution in [0.25, 0.3) is 0 Å². The van der Waals surface area contributed by atoms with Crippen LogP contribution in [-0.2, 0) is 14.3 Å². The van der Waals surface area contributed by atoms with Gasteiger partial charge in [-0.25, -0.2) is 4.98 Å². The third-order valence-corrected chi connectivity index (χ3v) is 5.32. The lowest BCUT2D eigenvalue weighted by Crippen LogP contribution is -2.50. The van der Waals surface area contributed by atoms with Crippen molar-refractivity contribution in [1.29, 1.82) is 0 Å². The van der Waals surface area contributed by atoms with Gasteiger partial charge in [0.05, 0.1) is 25.7 Å². The van der Waals surface area contributed by atoms with E-state index in [1.165, 1.54) is 0 Å². The predicted octanol–water partition coefficient (Wildman–Crippen LogP) is 0.307. The van der Waals surface area contributed by atoms with Crippen molar-refractivity contribution >= 4 is 17.7 Å². The van der Waals surface area contributed by atoms with E-state index in [4.69, 9.17) is 14.5 Å². The van der Waals surface area contributed by atoms with Crippen molar-refractivity contribution in [3.8, 4) is 0 Å². The summed E-state index contributed by atoms with van der Waals surface area (Å²) in [5, 5.41) is 0. The van der Waals surface area contributed by atoms with E-state index < -0.39 is 0 Å². The number of morpholine rings is 1. The van der Waals surface area contributed by atoms with Crippen LogP contribution >= 0.6 is 0 Å². The number of aromatic nitrogens is 2. The molecule has 1 aromatic rings. The van der Waals surface area contributed by atoms with Gasteiger partial charge < -0.3 is 24.2 Å². The predicted molar refractivity (Wildman–Crippen MR) is 97.5 cm³/mol. The van der Waals surface area contributed by atoms with E-state index in [2.05, 4.69) is 14.8 Å². The zero-order chi connectivity index (χ0) is 17.9. The maximum atomic E-state index is 12.5. The van der Waals surface area contributed by atoms with E-state index in [1.54, 1.807) is 0 Å². The van der Waals surface area contributed by atoms with Crippen molar-refractivity contribution in [3.05, 3.63) is 11.8 Å². The minimum atomic E-state index is 0.0516. The van der Waals surface area contributed by atoms with Gasteiger partial charge >= 0.3 is 0 Å². The Hall–Kier alpha value is -1.93. The molecule has 26 heavy (non-hydrogen) atoms. The minimum absolute atomic E-state index is 0.0516. The van der Waals surface area contributed by atoms with Crippen LogP contribution in [-0.4, -0.2) is 86.5 Å². The molecule has 3 saturated heterocycles. The second kappa shape index (κ2) is 7.75. The molecule has 8 heteroatoms. The fourth-order valence-electron chi connectivity index (χ4n) is 3.75. The summed E-state index contributed by atoms with van der Waals surface area (Å²) in [6.07, 6.45) is 0.854. The molecule has 3 aliphatic heterocycles. The van der Waals surface area contributed by atoms with Crippen LogP contribution in [0.5, 0.6) is 0 Å². The standard InChI is InChI=1S/C18H27N5O3/c1-14-12-16(20-18(19-14)23-7-10-25-11-8-23)21-3-5-22(6-4-21)17(24)15-2-9-26-13-15/h12,15H,2-11,13H2,1H3. The number of hydrogen-bond donors (Lipinski definition) is 0. The number of carbonyl (C=O) groups is 1. The monoisotopic (exact) mass is 361 g/mol. The molecular formula is C18H27N5O3. The van der Waals surface area contributed by atoms with Crippen LogP contribution in [0, 0.1) is 12.8 Å². The molecule has 0 aliphatic carbocycles. The first kappa shape index (κ1) is 17.5. The summed E-state index contributed by atoms with van der Waals surface area (Å²) in [5.41, 5.74) is 0.970. The Balaban J connectivity index is 1.40. The lowest BCUT2D eigenvalue weighted by atomic mass is 10.1. The molecule has 0 N–H and O–H groups in total. The SMILES string of the molecule is Cc1cc(N2CCN(C(=O)C3CCOC3)CC2)nc(N2CCOCC2)n1. The number of amides is 1. The third kappa shape index (κ3) is 3.76. The Labute approximate surface area is 154 Å². The Morgan fingerprint density at radius 3 is 2.46 bits per heavy atom. The number of anilines is 2. The summed E-state index contributed by atoms with van der Waals surface area (Å²) in [6.45, 7) is 9.48. The van der Waals surface area contributed by atoms with Crippen LogP contribution in [0.15, 0.2) is 6.07 Å². The number of aryl methyl sites for hydroxylation is 1. The van der Waals surface area contributed by atoms with Gasteiger partial charge in [-0.1, -0.05) is 0 Å². The number of hydrogen-bond acceptors (Lipinski definition) is 7. The largest absolute Gasteiger partial charge is 0.381 e. The summed E-state index contributed by atoms with van der Waals surface area (Å²) in [7, 11) is 0. The molecule has 142 valence electrons. The van der Waals surface area contributed by atoms with Crippen LogP contribution < -0.4 is 9.80 Å². The highest BCUT2D eigenvalue weighted by molar-refractivity contribution is 5.79. The summed E-state index contributed by atoms with van der Waals surface area (Å²) >= 11 is 0. The normalized spacial score (nSPS) is 24.2. The molecule has 0 radical (unpaired) electrons. The topological polar surface area (TPSA) is 71.0 Å². The highest BCUT2D eigenvalue weighted by Gasteiger charge is 2.30. The van der Waals surface area contributed by atoms with Crippen molar-refractivity contribution in [2.24, 2.45) is 5.92 Å². The second-order valence-electron chi connectivity index (χ2n) is 7.14. The zero-order valence-corrected chi connectivity index (χ0v) is 15.4. The van der Waals surface area contributed by atoms with Gasteiger partial charge in [-0.05, 0) is 13.3 Å². The Bertz CT molecular complexity index is 636. The van der Waals surface area contributed by atoms with Gasteiger partial charge in [0, 0.05) is 57.6 Å². The van der Waals surface area contributed by atoms with Gasteiger partial charge in [-0.2, -0.15) is 4.98 Å². The molecule has 1 unspecified atom stereocenters. The third-order valence-electron chi connectivity index (χ3n) is 5.32. The first-order valence-electron chi connectivity index (χ1n) is 9.50. The van der Waals surface area contributed by atoms with Crippen molar-refractivity contribution in [2.45, 2.75) is 13.3 Å². The fraction of sp³-hybridized carbons (Fsp3) is 0.722. The molecule has 3 aliphatic rings. The molecule has 4 heterocycles. The molecule has 0 spiro atoms. The van der Waals surface area contributed by atoms with Gasteiger partial charge in [0.15, 0.2) is 0 Å². The molecule has 1 atom stereocenters. The number of rotatable bonds is 3. The molecule has 0 aromatic carbocycles. The lowest BCUT2D eigenvalue weighted by molar-refractivity contribution is -0.135. The van der Waals surface area contributed by atoms with Crippen molar-refractivity contribution in [2.75, 3.05) is 75.5 Å². The van der Waals surface area contributed by atoms with E-state index in [-0.39, 0.29) is 11.8 Å². The average molecular weight is 361 g/mol. The Kier molecular flexibility index (Phi) is 5.21. The molecule has 0 bridgehead atoms. The lowest BCUT2D eigenvalue weighted by Gasteiger charge is -2.37. The van der Waals surface area contributed by atoms with E-state index in [0.717, 1.165) is 76.4 Å². The number of ether oxygens (including phenoxy) is 2. The second-order valence-corrected chi connectivity index (χ2v) is 7.14. The molecule has 3 fully saturated rings. The van der Waals surface area contributed by atoms with E-state index >= 15 is 0 Å². The first-order chi connectivity index (χ1) is 12.7. The van der Waals surface area contributed by atoms with Crippen molar-refractivity contribution in [1.82, 2.24) is 14.9 Å². The van der Waals surface area contributed by atoms with Crippen molar-refractivity contribution in [3.63, 3.8) is 0 Å². The fourth-order valence-corrected chi connectivity index (χ4v) is 3.75. The summed E-state index contributed by atoms with van der Waals surface area (Å²) in [6, 6.07) is 2.03. The van der Waals surface area contributed by atoms with Gasteiger partial charge in [-0.15, -0.1) is 0 Å². The van der Waals surface area contributed by atoms with Crippen LogP contribution in [0.4, 0.5) is 11.8 Å². The zero-order valence-electron chi connectivity index (χ0n) is 15.4. The van der Waals surface area contributed by atoms with Crippen molar-refractivity contribution < 1.29 is 14.3 Å². The smallest absolute Gasteiger partial charge is 0.228 e. The molecule has 4 rings (SSSR count). The highest BCUT2D eigenvalue weighted by atomic mass is 16.5. The summed E-state index contributed by atoms with van der Waals surface area (Å²) in [4.78, 5) is 28.4. The molecule has 1 amide bonds. The molecular weight excluding hydrogens is 334 g/mol. The quantitative estimate of drug-likeness (QED) is 0.767. The van der Waals surface area contributed by atoms with Crippen LogP contribution in [0.2, 0.25) is 0 Å². The minimum Gasteiger partial charge on any atom is -0.381 e. The van der Waals surface area contributed by atoms with Gasteiger partial charge in [0.25, 0.3) is 0 Å². The van der Waals surface area contributed by atoms with Crippen LogP contribution in [0.1, 0.15) is 12.1 Å². The van der Waals surface area contributed by atoms with E-state index in [9.17, 15) is 4.79 Å². The molecule has 8 nitrogen and oxygen atoms in total. The molecule has 0 saturated carbocycles. The maximum Gasteiger partial charge on any atom is 0.228 e. The number of piperazine rings is 1. The maximum absolute atomic E-state index is 12.5. The molecule has 1 aromatic heterocycles. The number of nitrogens with zero attached hydrogens (tertiary/aromatic N) is 5. The van der Waals surface area contributed by atoms with E-state index in [0.29, 0.717) is 13.2 Å². The van der Waals surface area contributed by atoms with E-state index in [1.807, 2.05) is 17.9 Å².